The topological polar surface area (TPSA) is 58.6 Å². The van der Waals surface area contributed by atoms with E-state index in [1.807, 2.05) is 25.1 Å². The summed E-state index contributed by atoms with van der Waals surface area (Å²) < 4.78 is 5.66. The van der Waals surface area contributed by atoms with Gasteiger partial charge in [-0.3, -0.25) is 4.79 Å². The molecule has 1 amide bonds. The van der Waals surface area contributed by atoms with Crippen molar-refractivity contribution in [2.45, 2.75) is 51.7 Å². The first-order valence-electron chi connectivity index (χ1n) is 7.37. The Morgan fingerprint density at radius 1 is 1.55 bits per heavy atom. The quantitative estimate of drug-likeness (QED) is 0.868. The van der Waals surface area contributed by atoms with Crippen molar-refractivity contribution in [3.05, 3.63) is 29.3 Å². The van der Waals surface area contributed by atoms with Crippen LogP contribution in [-0.2, 0) is 11.2 Å². The van der Waals surface area contributed by atoms with Gasteiger partial charge in [0.15, 0.2) is 6.10 Å². The Balaban J connectivity index is 2.03. The molecule has 0 radical (unpaired) electrons. The number of amides is 1. The molecule has 1 aliphatic carbocycles. The van der Waals surface area contributed by atoms with Crippen molar-refractivity contribution >= 4 is 5.91 Å². The maximum atomic E-state index is 11.8. The van der Waals surface area contributed by atoms with Gasteiger partial charge in [-0.25, -0.2) is 0 Å². The maximum absolute atomic E-state index is 11.8. The van der Waals surface area contributed by atoms with Crippen LogP contribution in [0, 0.1) is 0 Å². The zero-order valence-electron chi connectivity index (χ0n) is 12.2. The molecular formula is C16H23NO3. The molecule has 0 aromatic heterocycles. The average Bonchev–Trinajstić information content (AvgIpc) is 2.45. The van der Waals surface area contributed by atoms with Gasteiger partial charge >= 0.3 is 0 Å². The molecule has 110 valence electrons. The number of carbonyl (C=O) groups excluding carboxylic acids is 1. The Kier molecular flexibility index (Phi) is 5.01. The van der Waals surface area contributed by atoms with E-state index in [0.29, 0.717) is 12.3 Å². The maximum Gasteiger partial charge on any atom is 0.260 e. The summed E-state index contributed by atoms with van der Waals surface area (Å²) in [7, 11) is 0. The fourth-order valence-electron chi connectivity index (χ4n) is 2.48. The molecule has 1 aromatic rings. The molecule has 0 heterocycles. The summed E-state index contributed by atoms with van der Waals surface area (Å²) in [5.41, 5.74) is 2.12. The zero-order chi connectivity index (χ0) is 14.5. The van der Waals surface area contributed by atoms with Gasteiger partial charge in [0, 0.05) is 6.54 Å². The second-order valence-electron chi connectivity index (χ2n) is 5.32. The van der Waals surface area contributed by atoms with E-state index in [1.165, 1.54) is 5.56 Å². The summed E-state index contributed by atoms with van der Waals surface area (Å²) >= 11 is 0. The lowest BCUT2D eigenvalue weighted by atomic mass is 9.89. The molecule has 0 saturated heterocycles. The van der Waals surface area contributed by atoms with Gasteiger partial charge in [0.05, 0.1) is 6.10 Å². The van der Waals surface area contributed by atoms with Crippen LogP contribution in [0.2, 0.25) is 0 Å². The molecule has 0 bridgehead atoms. The molecule has 0 spiro atoms. The summed E-state index contributed by atoms with van der Waals surface area (Å²) in [4.78, 5) is 11.8. The Hall–Kier alpha value is -1.55. The normalized spacial score (nSPS) is 19.1. The first kappa shape index (κ1) is 14.9. The van der Waals surface area contributed by atoms with E-state index in [9.17, 15) is 9.90 Å². The minimum absolute atomic E-state index is 0.106. The van der Waals surface area contributed by atoms with E-state index in [4.69, 9.17) is 4.74 Å². The number of fused-ring (bicyclic) bond motifs is 1. The lowest BCUT2D eigenvalue weighted by molar-refractivity contribution is -0.127. The second kappa shape index (κ2) is 6.75. The Labute approximate surface area is 120 Å². The number of hydrogen-bond acceptors (Lipinski definition) is 3. The van der Waals surface area contributed by atoms with Gasteiger partial charge in [0.2, 0.25) is 0 Å². The number of rotatable bonds is 5. The Morgan fingerprint density at radius 3 is 3.10 bits per heavy atom. The average molecular weight is 277 g/mol. The van der Waals surface area contributed by atoms with Gasteiger partial charge in [-0.05, 0) is 55.9 Å². The van der Waals surface area contributed by atoms with E-state index in [1.54, 1.807) is 6.92 Å². The highest BCUT2D eigenvalue weighted by Gasteiger charge is 2.20. The van der Waals surface area contributed by atoms with Crippen molar-refractivity contribution < 1.29 is 14.6 Å². The van der Waals surface area contributed by atoms with Gasteiger partial charge in [0.1, 0.15) is 5.75 Å². The molecule has 0 fully saturated rings. The van der Waals surface area contributed by atoms with Crippen molar-refractivity contribution in [2.24, 2.45) is 0 Å². The molecule has 4 nitrogen and oxygen atoms in total. The van der Waals surface area contributed by atoms with Crippen molar-refractivity contribution in [1.82, 2.24) is 5.32 Å². The third-order valence-corrected chi connectivity index (χ3v) is 3.63. The zero-order valence-corrected chi connectivity index (χ0v) is 12.2. The molecule has 0 saturated carbocycles. The third kappa shape index (κ3) is 3.51. The van der Waals surface area contributed by atoms with Crippen LogP contribution >= 0.6 is 0 Å². The first-order valence-corrected chi connectivity index (χ1v) is 7.37. The highest BCUT2D eigenvalue weighted by atomic mass is 16.5. The van der Waals surface area contributed by atoms with E-state index < -0.39 is 12.2 Å². The van der Waals surface area contributed by atoms with E-state index >= 15 is 0 Å². The Bertz CT molecular complexity index is 473. The molecule has 2 N–H and O–H groups in total. The van der Waals surface area contributed by atoms with Gasteiger partial charge in [-0.15, -0.1) is 0 Å². The molecule has 2 rings (SSSR count). The molecule has 20 heavy (non-hydrogen) atoms. The third-order valence-electron chi connectivity index (χ3n) is 3.63. The number of aryl methyl sites for hydroxylation is 1. The Morgan fingerprint density at radius 2 is 2.35 bits per heavy atom. The van der Waals surface area contributed by atoms with Crippen LogP contribution in [-0.4, -0.2) is 23.7 Å². The SMILES string of the molecule is CCCNC(=O)C(C)Oc1ccc2c(c1)C(O)CCC2. The highest BCUT2D eigenvalue weighted by molar-refractivity contribution is 5.80. The van der Waals surface area contributed by atoms with E-state index in [2.05, 4.69) is 5.32 Å². The van der Waals surface area contributed by atoms with Crippen molar-refractivity contribution in [3.63, 3.8) is 0 Å². The summed E-state index contributed by atoms with van der Waals surface area (Å²) in [6, 6.07) is 5.73. The molecular weight excluding hydrogens is 254 g/mol. The van der Waals surface area contributed by atoms with Crippen LogP contribution < -0.4 is 10.1 Å². The van der Waals surface area contributed by atoms with Crippen molar-refractivity contribution in [2.75, 3.05) is 6.54 Å². The van der Waals surface area contributed by atoms with Crippen LogP contribution in [0.5, 0.6) is 5.75 Å². The minimum atomic E-state index is -0.527. The van der Waals surface area contributed by atoms with Gasteiger partial charge in [-0.1, -0.05) is 13.0 Å². The molecule has 2 unspecified atom stereocenters. The molecule has 2 atom stereocenters. The van der Waals surface area contributed by atoms with Crippen molar-refractivity contribution in [1.29, 1.82) is 0 Å². The van der Waals surface area contributed by atoms with Gasteiger partial charge < -0.3 is 15.2 Å². The number of hydrogen-bond donors (Lipinski definition) is 2. The number of ether oxygens (including phenoxy) is 1. The summed E-state index contributed by atoms with van der Waals surface area (Å²) in [5, 5.41) is 12.8. The van der Waals surface area contributed by atoms with Crippen LogP contribution in [0.3, 0.4) is 0 Å². The molecule has 4 heteroatoms. The lowest BCUT2D eigenvalue weighted by Crippen LogP contribution is -2.36. The summed E-state index contributed by atoms with van der Waals surface area (Å²) in [6.45, 7) is 4.41. The number of benzene rings is 1. The van der Waals surface area contributed by atoms with Crippen LogP contribution in [0.15, 0.2) is 18.2 Å². The summed E-state index contributed by atoms with van der Waals surface area (Å²) in [5.74, 6) is 0.536. The predicted octanol–water partition coefficient (Wildman–Crippen LogP) is 2.35. The van der Waals surface area contributed by atoms with Crippen LogP contribution in [0.4, 0.5) is 0 Å². The summed E-state index contributed by atoms with van der Waals surface area (Å²) in [6.07, 6.45) is 2.78. The monoisotopic (exact) mass is 277 g/mol. The molecule has 1 aromatic carbocycles. The number of aliphatic hydroxyl groups is 1. The number of carbonyl (C=O) groups is 1. The van der Waals surface area contributed by atoms with Crippen molar-refractivity contribution in [3.8, 4) is 5.75 Å². The second-order valence-corrected chi connectivity index (χ2v) is 5.32. The lowest BCUT2D eigenvalue weighted by Gasteiger charge is -2.22. The fraction of sp³-hybridized carbons (Fsp3) is 0.562. The van der Waals surface area contributed by atoms with E-state index in [-0.39, 0.29) is 5.91 Å². The van der Waals surface area contributed by atoms with Crippen LogP contribution in [0.1, 0.15) is 50.3 Å². The largest absolute Gasteiger partial charge is 0.481 e. The number of nitrogens with one attached hydrogen (secondary N) is 1. The smallest absolute Gasteiger partial charge is 0.260 e. The van der Waals surface area contributed by atoms with Gasteiger partial charge in [-0.2, -0.15) is 0 Å². The molecule has 1 aliphatic rings. The van der Waals surface area contributed by atoms with Gasteiger partial charge in [0.25, 0.3) is 5.91 Å². The first-order chi connectivity index (χ1) is 9.61. The van der Waals surface area contributed by atoms with Crippen LogP contribution in [0.25, 0.3) is 0 Å². The fourth-order valence-corrected chi connectivity index (χ4v) is 2.48. The highest BCUT2D eigenvalue weighted by Crippen LogP contribution is 2.32. The minimum Gasteiger partial charge on any atom is -0.481 e. The molecule has 0 aliphatic heterocycles. The standard InChI is InChI=1S/C16H23NO3/c1-3-9-17-16(19)11(2)20-13-8-7-12-5-4-6-15(18)14(12)10-13/h7-8,10-11,15,18H,3-6,9H2,1-2H3,(H,17,19). The number of aliphatic hydroxyl groups excluding tert-OH is 1. The predicted molar refractivity (Wildman–Crippen MR) is 77.7 cm³/mol. The van der Waals surface area contributed by atoms with E-state index in [0.717, 1.165) is 31.2 Å².